The van der Waals surface area contributed by atoms with Gasteiger partial charge in [0.1, 0.15) is 0 Å². The molecule has 0 aliphatic carbocycles. The smallest absolute Gasteiger partial charge is 0.308 e. The Balaban J connectivity index is 3.45. The Bertz CT molecular complexity index is 157. The van der Waals surface area contributed by atoms with Crippen LogP contribution in [0.15, 0.2) is 0 Å². The van der Waals surface area contributed by atoms with E-state index in [9.17, 15) is 9.59 Å². The summed E-state index contributed by atoms with van der Waals surface area (Å²) in [5, 5.41) is 6.90. The fourth-order valence-corrected chi connectivity index (χ4v) is 0.566. The van der Waals surface area contributed by atoms with Crippen molar-refractivity contribution in [1.82, 2.24) is 0 Å². The zero-order chi connectivity index (χ0) is 8.85. The topological polar surface area (TPSA) is 63.6 Å². The molecule has 0 rings (SSSR count). The van der Waals surface area contributed by atoms with Crippen molar-refractivity contribution in [2.24, 2.45) is 0 Å². The maximum Gasteiger partial charge on any atom is 0.308 e. The predicted molar refractivity (Wildman–Crippen MR) is 38.5 cm³/mol. The molecule has 1 N–H and O–H groups in total. The van der Waals surface area contributed by atoms with Crippen LogP contribution < -0.4 is 0 Å². The number of aliphatic carboxylic acids is 1. The van der Waals surface area contributed by atoms with Gasteiger partial charge in [0.05, 0.1) is 12.8 Å². The van der Waals surface area contributed by atoms with Gasteiger partial charge in [-0.25, -0.2) is 0 Å². The van der Waals surface area contributed by atoms with Gasteiger partial charge in [-0.3, -0.25) is 9.59 Å². The molecule has 4 nitrogen and oxygen atoms in total. The number of carboxylic acid groups (broad SMARTS) is 1. The Hall–Kier alpha value is -0.480. The van der Waals surface area contributed by atoms with Crippen LogP contribution in [0, 0.1) is 0 Å². The van der Waals surface area contributed by atoms with Crippen LogP contribution in [0.1, 0.15) is 12.8 Å². The van der Waals surface area contributed by atoms with Crippen LogP contribution in [0.3, 0.4) is 0 Å². The Morgan fingerprint density at radius 3 is 2.27 bits per heavy atom. The van der Waals surface area contributed by atoms with E-state index in [2.05, 4.69) is 4.74 Å². The van der Waals surface area contributed by atoms with Crippen molar-refractivity contribution in [3.63, 3.8) is 0 Å². The molecule has 0 saturated carbocycles. The molecule has 0 radical (unpaired) electrons. The molecule has 0 aliphatic rings. The summed E-state index contributed by atoms with van der Waals surface area (Å²) < 4.78 is 4.23. The van der Waals surface area contributed by atoms with Crippen molar-refractivity contribution in [2.75, 3.05) is 0 Å². The van der Waals surface area contributed by atoms with E-state index < -0.39 is 17.0 Å². The first kappa shape index (κ1) is 10.5. The number of carboxylic acids is 1. The minimum Gasteiger partial charge on any atom is -0.481 e. The molecule has 0 aliphatic heterocycles. The molecular formula is C5H6Cl2O4. The van der Waals surface area contributed by atoms with Crippen LogP contribution >= 0.6 is 23.2 Å². The molecule has 0 unspecified atom stereocenters. The summed E-state index contributed by atoms with van der Waals surface area (Å²) in [6.45, 7) is 0. The Labute approximate surface area is 73.0 Å². The van der Waals surface area contributed by atoms with E-state index in [1.54, 1.807) is 0 Å². The first-order chi connectivity index (χ1) is 5.02. The molecule has 64 valence electrons. The molecule has 0 saturated heterocycles. The number of hydrogen-bond acceptors (Lipinski definition) is 3. The molecular weight excluding hydrogens is 195 g/mol. The monoisotopic (exact) mass is 200 g/mol. The number of carbonyl (C=O) groups excluding carboxylic acids is 1. The standard InChI is InChI=1S/C5H6Cl2O4/c6-5(7)11-4(10)2-1-3(8)9/h5H,1-2H2,(H,8,9). The van der Waals surface area contributed by atoms with Gasteiger partial charge in [-0.15, -0.1) is 0 Å². The number of esters is 1. The number of carbonyl (C=O) groups is 2. The van der Waals surface area contributed by atoms with Gasteiger partial charge in [0.15, 0.2) is 0 Å². The molecule has 6 heteroatoms. The summed E-state index contributed by atoms with van der Waals surface area (Å²) in [5.74, 6) is -1.79. The number of alkyl halides is 2. The van der Waals surface area contributed by atoms with Gasteiger partial charge in [-0.1, -0.05) is 23.2 Å². The van der Waals surface area contributed by atoms with E-state index in [0.29, 0.717) is 0 Å². The third kappa shape index (κ3) is 7.42. The van der Waals surface area contributed by atoms with Crippen molar-refractivity contribution < 1.29 is 19.4 Å². The molecule has 0 atom stereocenters. The molecule has 0 aromatic rings. The number of rotatable bonds is 4. The lowest BCUT2D eigenvalue weighted by atomic mass is 10.3. The van der Waals surface area contributed by atoms with E-state index in [4.69, 9.17) is 28.3 Å². The maximum absolute atomic E-state index is 10.5. The predicted octanol–water partition coefficient (Wildman–Crippen LogP) is 1.16. The van der Waals surface area contributed by atoms with E-state index in [0.717, 1.165) is 0 Å². The highest BCUT2D eigenvalue weighted by molar-refractivity contribution is 6.43. The van der Waals surface area contributed by atoms with Gasteiger partial charge < -0.3 is 9.84 Å². The van der Waals surface area contributed by atoms with Crippen molar-refractivity contribution >= 4 is 35.1 Å². The van der Waals surface area contributed by atoms with Gasteiger partial charge in [0.2, 0.25) is 0 Å². The van der Waals surface area contributed by atoms with Crippen LogP contribution in [0.2, 0.25) is 0 Å². The van der Waals surface area contributed by atoms with E-state index in [-0.39, 0.29) is 12.8 Å². The first-order valence-corrected chi connectivity index (χ1v) is 3.59. The molecule has 0 spiro atoms. The highest BCUT2D eigenvalue weighted by atomic mass is 35.5. The third-order valence-corrected chi connectivity index (χ3v) is 0.942. The van der Waals surface area contributed by atoms with Crippen molar-refractivity contribution in [3.05, 3.63) is 0 Å². The molecule has 0 bridgehead atoms. The summed E-state index contributed by atoms with van der Waals surface area (Å²) in [4.78, 5) is 20.4. The van der Waals surface area contributed by atoms with Crippen molar-refractivity contribution in [3.8, 4) is 0 Å². The van der Waals surface area contributed by atoms with Crippen LogP contribution in [0.5, 0.6) is 0 Å². The van der Waals surface area contributed by atoms with Gasteiger partial charge in [0.25, 0.3) is 5.02 Å². The van der Waals surface area contributed by atoms with Gasteiger partial charge in [-0.05, 0) is 0 Å². The van der Waals surface area contributed by atoms with Gasteiger partial charge >= 0.3 is 11.9 Å². The number of hydrogen-bond donors (Lipinski definition) is 1. The van der Waals surface area contributed by atoms with Crippen LogP contribution in [0.25, 0.3) is 0 Å². The molecule has 0 heterocycles. The molecule has 0 fully saturated rings. The lowest BCUT2D eigenvalue weighted by Crippen LogP contribution is -2.09. The average molecular weight is 201 g/mol. The van der Waals surface area contributed by atoms with E-state index >= 15 is 0 Å². The first-order valence-electron chi connectivity index (χ1n) is 2.72. The number of halogens is 2. The van der Waals surface area contributed by atoms with Crippen molar-refractivity contribution in [1.29, 1.82) is 0 Å². The highest BCUT2D eigenvalue weighted by Crippen LogP contribution is 2.05. The second kappa shape index (κ2) is 5.21. The normalized spacial score (nSPS) is 9.73. The lowest BCUT2D eigenvalue weighted by molar-refractivity contribution is -0.147. The summed E-state index contributed by atoms with van der Waals surface area (Å²) in [6, 6.07) is 0. The summed E-state index contributed by atoms with van der Waals surface area (Å²) in [6.07, 6.45) is -0.495. The van der Waals surface area contributed by atoms with Crippen LogP contribution in [-0.2, 0) is 14.3 Å². The summed E-state index contributed by atoms with van der Waals surface area (Å²) >= 11 is 10.1. The Morgan fingerprint density at radius 2 is 1.91 bits per heavy atom. The Morgan fingerprint density at radius 1 is 1.36 bits per heavy atom. The zero-order valence-corrected chi connectivity index (χ0v) is 6.93. The highest BCUT2D eigenvalue weighted by Gasteiger charge is 2.09. The molecule has 0 aromatic carbocycles. The van der Waals surface area contributed by atoms with Crippen LogP contribution in [0.4, 0.5) is 0 Å². The second-order valence-corrected chi connectivity index (χ2v) is 2.66. The third-order valence-electron chi connectivity index (χ3n) is 0.764. The molecule has 0 amide bonds. The zero-order valence-electron chi connectivity index (χ0n) is 5.42. The molecule has 11 heavy (non-hydrogen) atoms. The van der Waals surface area contributed by atoms with Gasteiger partial charge in [-0.2, -0.15) is 0 Å². The number of ether oxygens (including phenoxy) is 1. The maximum atomic E-state index is 10.5. The summed E-state index contributed by atoms with van der Waals surface area (Å²) in [5.41, 5.74) is 0. The van der Waals surface area contributed by atoms with Crippen LogP contribution in [-0.4, -0.2) is 22.1 Å². The van der Waals surface area contributed by atoms with E-state index in [1.165, 1.54) is 0 Å². The SMILES string of the molecule is O=C(O)CCC(=O)OC(Cl)Cl. The van der Waals surface area contributed by atoms with Gasteiger partial charge in [0, 0.05) is 0 Å². The average Bonchev–Trinajstić information content (AvgIpc) is 1.82. The Kier molecular flexibility index (Phi) is 4.98. The lowest BCUT2D eigenvalue weighted by Gasteiger charge is -2.01. The second-order valence-electron chi connectivity index (χ2n) is 1.64. The summed E-state index contributed by atoms with van der Waals surface area (Å²) in [7, 11) is 0. The largest absolute Gasteiger partial charge is 0.481 e. The molecule has 0 aromatic heterocycles. The van der Waals surface area contributed by atoms with E-state index in [1.807, 2.05) is 0 Å². The van der Waals surface area contributed by atoms with Crippen molar-refractivity contribution in [2.45, 2.75) is 17.9 Å². The quantitative estimate of drug-likeness (QED) is 0.547. The fourth-order valence-electron chi connectivity index (χ4n) is 0.367. The minimum absolute atomic E-state index is 0.217. The minimum atomic E-state index is -1.23. The fraction of sp³-hybridized carbons (Fsp3) is 0.600.